The zero-order valence-electron chi connectivity index (χ0n) is 13.4. The first-order valence-electron chi connectivity index (χ1n) is 7.75. The molecule has 2 amide bonds. The third-order valence-corrected chi connectivity index (χ3v) is 4.43. The predicted molar refractivity (Wildman–Crippen MR) is 99.2 cm³/mol. The minimum absolute atomic E-state index is 0.205. The molecule has 0 bridgehead atoms. The second-order valence-electron chi connectivity index (χ2n) is 5.10. The van der Waals surface area contributed by atoms with Crippen LogP contribution in [-0.4, -0.2) is 31.4 Å². The number of carbonyl (C=O) groups is 2. The first-order chi connectivity index (χ1) is 11.6. The average Bonchev–Trinajstić information content (AvgIpc) is 3.03. The molecule has 0 saturated heterocycles. The van der Waals surface area contributed by atoms with E-state index in [1.165, 1.54) is 11.3 Å². The van der Waals surface area contributed by atoms with E-state index in [2.05, 4.69) is 22.9 Å². The predicted octanol–water partition coefficient (Wildman–Crippen LogP) is 3.38. The maximum Gasteiger partial charge on any atom is 0.257 e. The van der Waals surface area contributed by atoms with Crippen LogP contribution in [0.5, 0.6) is 0 Å². The van der Waals surface area contributed by atoms with Crippen LogP contribution in [0.25, 0.3) is 0 Å². The number of benzene rings is 1. The van der Waals surface area contributed by atoms with Gasteiger partial charge in [-0.25, -0.2) is 0 Å². The highest BCUT2D eigenvalue weighted by atomic mass is 35.5. The standard InChI is InChI=1S/C17H20ClN3O2S/c1-2-8-19-9-10-20-15(22)13-7-11-24-17(13)21-16(23)12-5-3-4-6-14(12)18/h3-7,11,19H,2,8-10H2,1H3,(H,20,22)(H,21,23). The Morgan fingerprint density at radius 2 is 1.83 bits per heavy atom. The van der Waals surface area contributed by atoms with E-state index in [-0.39, 0.29) is 11.8 Å². The molecule has 0 fully saturated rings. The third-order valence-electron chi connectivity index (χ3n) is 3.27. The quantitative estimate of drug-likeness (QED) is 0.628. The third kappa shape index (κ3) is 5.06. The van der Waals surface area contributed by atoms with E-state index >= 15 is 0 Å². The van der Waals surface area contributed by atoms with E-state index in [0.717, 1.165) is 13.0 Å². The Kier molecular flexibility index (Phi) is 7.24. The molecule has 24 heavy (non-hydrogen) atoms. The zero-order chi connectivity index (χ0) is 17.4. The highest BCUT2D eigenvalue weighted by Crippen LogP contribution is 2.25. The molecule has 0 unspecified atom stereocenters. The monoisotopic (exact) mass is 365 g/mol. The lowest BCUT2D eigenvalue weighted by molar-refractivity contribution is 0.0955. The van der Waals surface area contributed by atoms with Crippen molar-refractivity contribution in [2.75, 3.05) is 25.0 Å². The molecule has 0 atom stereocenters. The van der Waals surface area contributed by atoms with Gasteiger partial charge in [0.1, 0.15) is 5.00 Å². The number of thiophene rings is 1. The maximum atomic E-state index is 12.3. The van der Waals surface area contributed by atoms with Gasteiger partial charge in [0.05, 0.1) is 16.1 Å². The summed E-state index contributed by atoms with van der Waals surface area (Å²) >= 11 is 7.33. The summed E-state index contributed by atoms with van der Waals surface area (Å²) in [6, 6.07) is 8.50. The summed E-state index contributed by atoms with van der Waals surface area (Å²) in [5.74, 6) is -0.536. The van der Waals surface area contributed by atoms with Crippen LogP contribution < -0.4 is 16.0 Å². The van der Waals surface area contributed by atoms with Gasteiger partial charge >= 0.3 is 0 Å². The highest BCUT2D eigenvalue weighted by molar-refractivity contribution is 7.14. The van der Waals surface area contributed by atoms with Crippen LogP contribution in [-0.2, 0) is 0 Å². The molecule has 0 radical (unpaired) electrons. The maximum absolute atomic E-state index is 12.3. The minimum atomic E-state index is -0.332. The summed E-state index contributed by atoms with van der Waals surface area (Å²) in [6.07, 6.45) is 1.05. The van der Waals surface area contributed by atoms with Crippen LogP contribution in [0.15, 0.2) is 35.7 Å². The SMILES string of the molecule is CCCNCCNC(=O)c1ccsc1NC(=O)c1ccccc1Cl. The molecule has 1 heterocycles. The van der Waals surface area contributed by atoms with Crippen molar-refractivity contribution in [3.63, 3.8) is 0 Å². The van der Waals surface area contributed by atoms with Gasteiger partial charge in [-0.3, -0.25) is 9.59 Å². The summed E-state index contributed by atoms with van der Waals surface area (Å²) in [6.45, 7) is 4.26. The van der Waals surface area contributed by atoms with Crippen molar-refractivity contribution in [1.29, 1.82) is 0 Å². The molecular formula is C17H20ClN3O2S. The van der Waals surface area contributed by atoms with Crippen molar-refractivity contribution in [3.8, 4) is 0 Å². The van der Waals surface area contributed by atoms with Gasteiger partial charge in [-0.15, -0.1) is 11.3 Å². The molecule has 5 nitrogen and oxygen atoms in total. The number of hydrogen-bond donors (Lipinski definition) is 3. The van der Waals surface area contributed by atoms with Gasteiger partial charge in [-0.2, -0.15) is 0 Å². The second-order valence-corrected chi connectivity index (χ2v) is 6.43. The zero-order valence-corrected chi connectivity index (χ0v) is 15.0. The average molecular weight is 366 g/mol. The fraction of sp³-hybridized carbons (Fsp3) is 0.294. The topological polar surface area (TPSA) is 70.2 Å². The Labute approximate surface area is 150 Å². The lowest BCUT2D eigenvalue weighted by Crippen LogP contribution is -2.32. The molecular weight excluding hydrogens is 346 g/mol. The number of anilines is 1. The first kappa shape index (κ1) is 18.4. The van der Waals surface area contributed by atoms with Gasteiger partial charge in [0, 0.05) is 13.1 Å². The van der Waals surface area contributed by atoms with Crippen LogP contribution >= 0.6 is 22.9 Å². The van der Waals surface area contributed by atoms with Crippen LogP contribution in [0.4, 0.5) is 5.00 Å². The van der Waals surface area contributed by atoms with Gasteiger partial charge < -0.3 is 16.0 Å². The van der Waals surface area contributed by atoms with Crippen LogP contribution in [0, 0.1) is 0 Å². The number of hydrogen-bond acceptors (Lipinski definition) is 4. The van der Waals surface area contributed by atoms with Crippen molar-refractivity contribution >= 4 is 39.8 Å². The van der Waals surface area contributed by atoms with Crippen molar-refractivity contribution in [2.24, 2.45) is 0 Å². The Balaban J connectivity index is 1.96. The molecule has 1 aromatic carbocycles. The van der Waals surface area contributed by atoms with Gasteiger partial charge in [-0.05, 0) is 36.5 Å². The molecule has 0 aliphatic rings. The minimum Gasteiger partial charge on any atom is -0.351 e. The van der Waals surface area contributed by atoms with E-state index in [0.29, 0.717) is 34.2 Å². The van der Waals surface area contributed by atoms with E-state index < -0.39 is 0 Å². The Morgan fingerprint density at radius 1 is 1.04 bits per heavy atom. The van der Waals surface area contributed by atoms with E-state index in [1.54, 1.807) is 35.7 Å². The molecule has 2 aromatic rings. The molecule has 3 N–H and O–H groups in total. The van der Waals surface area contributed by atoms with Gasteiger partial charge in [-0.1, -0.05) is 30.7 Å². The Bertz CT molecular complexity index is 703. The first-order valence-corrected chi connectivity index (χ1v) is 9.01. The summed E-state index contributed by atoms with van der Waals surface area (Å²) < 4.78 is 0. The number of rotatable bonds is 8. The number of nitrogens with one attached hydrogen (secondary N) is 3. The molecule has 0 spiro atoms. The molecule has 2 rings (SSSR count). The van der Waals surface area contributed by atoms with Crippen molar-refractivity contribution < 1.29 is 9.59 Å². The largest absolute Gasteiger partial charge is 0.351 e. The van der Waals surface area contributed by atoms with Crippen LogP contribution in [0.3, 0.4) is 0 Å². The normalized spacial score (nSPS) is 10.4. The fourth-order valence-corrected chi connectivity index (χ4v) is 3.06. The molecule has 0 aliphatic carbocycles. The smallest absolute Gasteiger partial charge is 0.257 e. The summed E-state index contributed by atoms with van der Waals surface area (Å²) in [5.41, 5.74) is 0.832. The Hall–Kier alpha value is -1.89. The van der Waals surface area contributed by atoms with Gasteiger partial charge in [0.15, 0.2) is 0 Å². The molecule has 7 heteroatoms. The molecule has 128 valence electrons. The summed E-state index contributed by atoms with van der Waals surface area (Å²) in [4.78, 5) is 24.5. The van der Waals surface area contributed by atoms with Crippen molar-refractivity contribution in [3.05, 3.63) is 51.9 Å². The van der Waals surface area contributed by atoms with Crippen molar-refractivity contribution in [2.45, 2.75) is 13.3 Å². The Morgan fingerprint density at radius 3 is 2.58 bits per heavy atom. The lowest BCUT2D eigenvalue weighted by Gasteiger charge is -2.09. The van der Waals surface area contributed by atoms with Crippen LogP contribution in [0.1, 0.15) is 34.1 Å². The lowest BCUT2D eigenvalue weighted by atomic mass is 10.2. The summed E-state index contributed by atoms with van der Waals surface area (Å²) in [7, 11) is 0. The van der Waals surface area contributed by atoms with Crippen LogP contribution in [0.2, 0.25) is 5.02 Å². The summed E-state index contributed by atoms with van der Waals surface area (Å²) in [5, 5.41) is 11.5. The fourth-order valence-electron chi connectivity index (χ4n) is 2.06. The molecule has 0 saturated carbocycles. The number of halogens is 1. The number of carbonyl (C=O) groups excluding carboxylic acids is 2. The van der Waals surface area contributed by atoms with Crippen molar-refractivity contribution in [1.82, 2.24) is 10.6 Å². The van der Waals surface area contributed by atoms with E-state index in [9.17, 15) is 9.59 Å². The second kappa shape index (κ2) is 9.42. The van der Waals surface area contributed by atoms with E-state index in [4.69, 9.17) is 11.6 Å². The van der Waals surface area contributed by atoms with Gasteiger partial charge in [0.25, 0.3) is 11.8 Å². The molecule has 1 aromatic heterocycles. The van der Waals surface area contributed by atoms with Gasteiger partial charge in [0.2, 0.25) is 0 Å². The van der Waals surface area contributed by atoms with E-state index in [1.807, 2.05) is 0 Å². The highest BCUT2D eigenvalue weighted by Gasteiger charge is 2.16. The number of amides is 2. The molecule has 0 aliphatic heterocycles.